The summed E-state index contributed by atoms with van der Waals surface area (Å²) in [5.74, 6) is -1.73. The van der Waals surface area contributed by atoms with Crippen LogP contribution in [0.4, 0.5) is 0 Å². The molecular formula is C16H19ClN2O5. The first-order valence-electron chi connectivity index (χ1n) is 7.51. The smallest absolute Gasteiger partial charge is 0.328 e. The molecule has 0 saturated carbocycles. The lowest BCUT2D eigenvalue weighted by molar-refractivity contribution is -0.158. The zero-order valence-corrected chi connectivity index (χ0v) is 14.0. The standard InChI is InChI=1S/C16H19ClN2O5/c1-10(20)18-13(11-2-4-12(17)5-3-11)8-15(21)19-6-7-24-9-14(19)16(22)23/h2-5,13-14H,6-9H2,1H3,(H,18,20)(H,22,23). The summed E-state index contributed by atoms with van der Waals surface area (Å²) in [6, 6.07) is 5.24. The predicted molar refractivity (Wildman–Crippen MR) is 86.6 cm³/mol. The van der Waals surface area contributed by atoms with Crippen LogP contribution >= 0.6 is 11.6 Å². The molecule has 0 spiro atoms. The van der Waals surface area contributed by atoms with Gasteiger partial charge in [-0.1, -0.05) is 23.7 Å². The zero-order valence-electron chi connectivity index (χ0n) is 13.2. The fourth-order valence-corrected chi connectivity index (χ4v) is 2.72. The molecule has 1 saturated heterocycles. The highest BCUT2D eigenvalue weighted by Crippen LogP contribution is 2.22. The molecule has 1 heterocycles. The fourth-order valence-electron chi connectivity index (χ4n) is 2.59. The summed E-state index contributed by atoms with van der Waals surface area (Å²) in [6.07, 6.45) is -0.0367. The number of hydrogen-bond donors (Lipinski definition) is 2. The Kier molecular flexibility index (Phi) is 6.16. The average Bonchev–Trinajstić information content (AvgIpc) is 2.54. The SMILES string of the molecule is CC(=O)NC(CC(=O)N1CCOCC1C(=O)O)c1ccc(Cl)cc1. The fraction of sp³-hybridized carbons (Fsp3) is 0.438. The molecule has 1 aliphatic rings. The third-order valence-corrected chi connectivity index (χ3v) is 4.01. The first-order valence-corrected chi connectivity index (χ1v) is 7.89. The second-order valence-electron chi connectivity index (χ2n) is 5.52. The molecule has 8 heteroatoms. The van der Waals surface area contributed by atoms with E-state index >= 15 is 0 Å². The second kappa shape index (κ2) is 8.12. The van der Waals surface area contributed by atoms with Crippen LogP contribution in [0.25, 0.3) is 0 Å². The highest BCUT2D eigenvalue weighted by atomic mass is 35.5. The normalized spacial score (nSPS) is 18.8. The lowest BCUT2D eigenvalue weighted by atomic mass is 10.0. The molecule has 0 radical (unpaired) electrons. The molecule has 2 N–H and O–H groups in total. The van der Waals surface area contributed by atoms with Crippen LogP contribution in [0, 0.1) is 0 Å². The molecule has 0 aromatic heterocycles. The van der Waals surface area contributed by atoms with E-state index in [1.807, 2.05) is 0 Å². The van der Waals surface area contributed by atoms with Crippen LogP contribution in [-0.4, -0.2) is 53.6 Å². The van der Waals surface area contributed by atoms with E-state index in [-0.39, 0.29) is 31.4 Å². The number of carbonyl (C=O) groups is 3. The minimum Gasteiger partial charge on any atom is -0.480 e. The molecule has 1 aromatic rings. The minimum atomic E-state index is -1.11. The van der Waals surface area contributed by atoms with Crippen molar-refractivity contribution in [3.63, 3.8) is 0 Å². The summed E-state index contributed by atoms with van der Waals surface area (Å²) in [6.45, 7) is 1.83. The maximum atomic E-state index is 12.6. The van der Waals surface area contributed by atoms with Gasteiger partial charge in [0.25, 0.3) is 0 Å². The van der Waals surface area contributed by atoms with E-state index in [1.165, 1.54) is 11.8 Å². The molecule has 1 fully saturated rings. The lowest BCUT2D eigenvalue weighted by Crippen LogP contribution is -2.53. The van der Waals surface area contributed by atoms with Crippen molar-refractivity contribution in [1.82, 2.24) is 10.2 Å². The molecule has 7 nitrogen and oxygen atoms in total. The minimum absolute atomic E-state index is 0.0349. The topological polar surface area (TPSA) is 95.9 Å². The number of ether oxygens (including phenoxy) is 1. The molecule has 0 bridgehead atoms. The van der Waals surface area contributed by atoms with Crippen molar-refractivity contribution < 1.29 is 24.2 Å². The van der Waals surface area contributed by atoms with E-state index in [0.717, 1.165) is 5.56 Å². The maximum absolute atomic E-state index is 12.6. The number of amides is 2. The number of nitrogens with zero attached hydrogens (tertiary/aromatic N) is 1. The molecule has 0 aliphatic carbocycles. The summed E-state index contributed by atoms with van der Waals surface area (Å²) < 4.78 is 5.13. The summed E-state index contributed by atoms with van der Waals surface area (Å²) in [5.41, 5.74) is 0.725. The Bertz CT molecular complexity index is 619. The van der Waals surface area contributed by atoms with Crippen LogP contribution in [0.2, 0.25) is 5.02 Å². The third-order valence-electron chi connectivity index (χ3n) is 3.76. The number of rotatable bonds is 5. The molecule has 24 heavy (non-hydrogen) atoms. The van der Waals surface area contributed by atoms with Crippen LogP contribution in [-0.2, 0) is 19.1 Å². The predicted octanol–water partition coefficient (Wildman–Crippen LogP) is 1.22. The first-order chi connectivity index (χ1) is 11.4. The summed E-state index contributed by atoms with van der Waals surface area (Å²) in [5, 5.41) is 12.5. The quantitative estimate of drug-likeness (QED) is 0.828. The van der Waals surface area contributed by atoms with Gasteiger partial charge in [-0.25, -0.2) is 4.79 Å². The maximum Gasteiger partial charge on any atom is 0.328 e. The highest BCUT2D eigenvalue weighted by molar-refractivity contribution is 6.30. The molecule has 2 atom stereocenters. The number of nitrogens with one attached hydrogen (secondary N) is 1. The van der Waals surface area contributed by atoms with E-state index in [1.54, 1.807) is 24.3 Å². The van der Waals surface area contributed by atoms with Gasteiger partial charge in [0.15, 0.2) is 6.04 Å². The van der Waals surface area contributed by atoms with Gasteiger partial charge < -0.3 is 20.1 Å². The van der Waals surface area contributed by atoms with Crippen LogP contribution in [0.15, 0.2) is 24.3 Å². The van der Waals surface area contributed by atoms with Gasteiger partial charge in [0.05, 0.1) is 25.7 Å². The van der Waals surface area contributed by atoms with Crippen molar-refractivity contribution in [2.45, 2.75) is 25.4 Å². The first kappa shape index (κ1) is 18.2. The van der Waals surface area contributed by atoms with E-state index in [0.29, 0.717) is 11.6 Å². The van der Waals surface area contributed by atoms with Gasteiger partial charge in [0, 0.05) is 18.5 Å². The number of aliphatic carboxylic acids is 1. The Morgan fingerprint density at radius 3 is 2.62 bits per heavy atom. The summed E-state index contributed by atoms with van der Waals surface area (Å²) in [4.78, 5) is 36.6. The summed E-state index contributed by atoms with van der Waals surface area (Å²) in [7, 11) is 0. The number of morpholine rings is 1. The van der Waals surface area contributed by atoms with Crippen molar-refractivity contribution in [3.8, 4) is 0 Å². The van der Waals surface area contributed by atoms with Gasteiger partial charge in [-0.15, -0.1) is 0 Å². The number of halogens is 1. The molecule has 1 aliphatic heterocycles. The highest BCUT2D eigenvalue weighted by Gasteiger charge is 2.33. The van der Waals surface area contributed by atoms with Crippen LogP contribution < -0.4 is 5.32 Å². The molecule has 2 unspecified atom stereocenters. The van der Waals surface area contributed by atoms with Crippen LogP contribution in [0.1, 0.15) is 24.9 Å². The lowest BCUT2D eigenvalue weighted by Gasteiger charge is -2.34. The molecule has 2 amide bonds. The number of carboxylic acids is 1. The number of carbonyl (C=O) groups excluding carboxylic acids is 2. The van der Waals surface area contributed by atoms with Gasteiger partial charge >= 0.3 is 5.97 Å². The third kappa shape index (κ3) is 4.69. The van der Waals surface area contributed by atoms with Gasteiger partial charge in [-0.2, -0.15) is 0 Å². The Morgan fingerprint density at radius 1 is 1.38 bits per heavy atom. The van der Waals surface area contributed by atoms with Crippen molar-refractivity contribution in [3.05, 3.63) is 34.9 Å². The van der Waals surface area contributed by atoms with E-state index < -0.39 is 18.1 Å². The number of carboxylic acid groups (broad SMARTS) is 1. The Morgan fingerprint density at radius 2 is 2.04 bits per heavy atom. The molecule has 1 aromatic carbocycles. The van der Waals surface area contributed by atoms with Gasteiger partial charge in [-0.3, -0.25) is 9.59 Å². The van der Waals surface area contributed by atoms with Gasteiger partial charge in [-0.05, 0) is 17.7 Å². The monoisotopic (exact) mass is 354 g/mol. The number of hydrogen-bond acceptors (Lipinski definition) is 4. The Hall–Kier alpha value is -2.12. The van der Waals surface area contributed by atoms with E-state index in [4.69, 9.17) is 16.3 Å². The molecular weight excluding hydrogens is 336 g/mol. The van der Waals surface area contributed by atoms with Gasteiger partial charge in [0.1, 0.15) is 0 Å². The van der Waals surface area contributed by atoms with Gasteiger partial charge in [0.2, 0.25) is 11.8 Å². The van der Waals surface area contributed by atoms with Crippen molar-refractivity contribution in [2.24, 2.45) is 0 Å². The average molecular weight is 355 g/mol. The van der Waals surface area contributed by atoms with Crippen LogP contribution in [0.5, 0.6) is 0 Å². The van der Waals surface area contributed by atoms with Crippen molar-refractivity contribution >= 4 is 29.4 Å². The van der Waals surface area contributed by atoms with E-state index in [2.05, 4.69) is 5.32 Å². The van der Waals surface area contributed by atoms with Crippen molar-refractivity contribution in [2.75, 3.05) is 19.8 Å². The van der Waals surface area contributed by atoms with E-state index in [9.17, 15) is 19.5 Å². The summed E-state index contributed by atoms with van der Waals surface area (Å²) >= 11 is 5.86. The second-order valence-corrected chi connectivity index (χ2v) is 5.96. The largest absolute Gasteiger partial charge is 0.480 e. The number of benzene rings is 1. The zero-order chi connectivity index (χ0) is 17.7. The Labute approximate surface area is 144 Å². The Balaban J connectivity index is 2.15. The molecule has 2 rings (SSSR count). The van der Waals surface area contributed by atoms with Crippen LogP contribution in [0.3, 0.4) is 0 Å². The molecule has 130 valence electrons. The van der Waals surface area contributed by atoms with Crippen molar-refractivity contribution in [1.29, 1.82) is 0 Å².